The highest BCUT2D eigenvalue weighted by molar-refractivity contribution is 6.08. The molecule has 1 unspecified atom stereocenters. The summed E-state index contributed by atoms with van der Waals surface area (Å²) in [4.78, 5) is 0. The molecular weight excluding hydrogens is 500 g/mol. The Hall–Kier alpha value is -4.12. The van der Waals surface area contributed by atoms with E-state index in [-0.39, 0.29) is 23.9 Å². The SMILES string of the molecule is CC1(C)c2cc(F)ccc2-c2c1c1c(c3cc(F)ccc23)OC(C2=CC=C(F)CC2)(c2ccc(F)cc2)C=C1. The zero-order valence-corrected chi connectivity index (χ0v) is 21.4. The highest BCUT2D eigenvalue weighted by atomic mass is 19.1. The highest BCUT2D eigenvalue weighted by Crippen LogP contribution is 2.58. The fourth-order valence-electron chi connectivity index (χ4n) is 6.56. The molecule has 0 N–H and O–H groups in total. The van der Waals surface area contributed by atoms with Gasteiger partial charge in [-0.25, -0.2) is 17.6 Å². The van der Waals surface area contributed by atoms with Crippen molar-refractivity contribution in [1.29, 1.82) is 0 Å². The summed E-state index contributed by atoms with van der Waals surface area (Å²) >= 11 is 0. The maximum atomic E-state index is 14.8. The third-order valence-corrected chi connectivity index (χ3v) is 8.41. The first-order chi connectivity index (χ1) is 18.7. The predicted octanol–water partition coefficient (Wildman–Crippen LogP) is 9.44. The minimum Gasteiger partial charge on any atom is -0.473 e. The summed E-state index contributed by atoms with van der Waals surface area (Å²) in [5, 5.41) is 1.39. The second-order valence-corrected chi connectivity index (χ2v) is 11.0. The van der Waals surface area contributed by atoms with Gasteiger partial charge in [0.1, 0.15) is 29.0 Å². The molecule has 1 atom stereocenters. The van der Waals surface area contributed by atoms with Gasteiger partial charge in [-0.05, 0) is 88.2 Å². The largest absolute Gasteiger partial charge is 0.473 e. The summed E-state index contributed by atoms with van der Waals surface area (Å²) in [6, 6.07) is 15.5. The van der Waals surface area contributed by atoms with Crippen LogP contribution in [0.2, 0.25) is 0 Å². The van der Waals surface area contributed by atoms with Crippen molar-refractivity contribution < 1.29 is 22.3 Å². The maximum Gasteiger partial charge on any atom is 0.174 e. The topological polar surface area (TPSA) is 9.23 Å². The number of benzene rings is 4. The Morgan fingerprint density at radius 3 is 2.21 bits per heavy atom. The van der Waals surface area contributed by atoms with Crippen LogP contribution >= 0.6 is 0 Å². The van der Waals surface area contributed by atoms with Crippen LogP contribution in [-0.2, 0) is 11.0 Å². The predicted molar refractivity (Wildman–Crippen MR) is 146 cm³/mol. The van der Waals surface area contributed by atoms with Crippen molar-refractivity contribution in [3.05, 3.63) is 130 Å². The van der Waals surface area contributed by atoms with E-state index in [9.17, 15) is 17.6 Å². The molecule has 0 radical (unpaired) electrons. The Morgan fingerprint density at radius 2 is 1.46 bits per heavy atom. The zero-order chi connectivity index (χ0) is 27.1. The van der Waals surface area contributed by atoms with Gasteiger partial charge in [0.05, 0.1) is 0 Å². The lowest BCUT2D eigenvalue weighted by molar-refractivity contribution is 0.153. The van der Waals surface area contributed by atoms with Crippen molar-refractivity contribution in [2.24, 2.45) is 0 Å². The van der Waals surface area contributed by atoms with Gasteiger partial charge in [-0.2, -0.15) is 0 Å². The third-order valence-electron chi connectivity index (χ3n) is 8.41. The van der Waals surface area contributed by atoms with E-state index in [0.29, 0.717) is 23.1 Å². The van der Waals surface area contributed by atoms with E-state index in [1.165, 1.54) is 36.4 Å². The molecule has 0 bridgehead atoms. The average Bonchev–Trinajstić information content (AvgIpc) is 3.15. The first kappa shape index (κ1) is 24.0. The summed E-state index contributed by atoms with van der Waals surface area (Å²) in [6.45, 7) is 4.11. The third kappa shape index (κ3) is 3.38. The quantitative estimate of drug-likeness (QED) is 0.237. The molecule has 4 aromatic carbocycles. The van der Waals surface area contributed by atoms with Gasteiger partial charge < -0.3 is 4.74 Å². The summed E-state index contributed by atoms with van der Waals surface area (Å²) in [6.07, 6.45) is 7.70. The average molecular weight is 525 g/mol. The molecule has 0 spiro atoms. The molecule has 0 saturated carbocycles. The lowest BCUT2D eigenvalue weighted by atomic mass is 9.75. The van der Waals surface area contributed by atoms with Crippen LogP contribution < -0.4 is 4.74 Å². The van der Waals surface area contributed by atoms with Gasteiger partial charge in [-0.3, -0.25) is 0 Å². The van der Waals surface area contributed by atoms with Crippen LogP contribution in [0.4, 0.5) is 17.6 Å². The van der Waals surface area contributed by atoms with Crippen molar-refractivity contribution in [2.45, 2.75) is 37.7 Å². The number of fused-ring (bicyclic) bond motifs is 8. The Morgan fingerprint density at radius 1 is 0.744 bits per heavy atom. The highest BCUT2D eigenvalue weighted by Gasteiger charge is 2.45. The summed E-state index contributed by atoms with van der Waals surface area (Å²) in [7, 11) is 0. The van der Waals surface area contributed by atoms with Crippen molar-refractivity contribution >= 4 is 16.8 Å². The Kier molecular flexibility index (Phi) is 5.03. The van der Waals surface area contributed by atoms with Crippen LogP contribution in [0.25, 0.3) is 28.0 Å². The first-order valence-corrected chi connectivity index (χ1v) is 13.0. The Balaban J connectivity index is 1.56. The van der Waals surface area contributed by atoms with Gasteiger partial charge >= 0.3 is 0 Å². The number of rotatable bonds is 2. The fourth-order valence-corrected chi connectivity index (χ4v) is 6.56. The molecule has 3 aliphatic rings. The van der Waals surface area contributed by atoms with Crippen LogP contribution in [0, 0.1) is 17.5 Å². The molecule has 0 saturated heterocycles. The molecule has 39 heavy (non-hydrogen) atoms. The van der Waals surface area contributed by atoms with Gasteiger partial charge in [0.2, 0.25) is 0 Å². The standard InChI is InChI=1S/C34H24F4O/c1-33(2)29-18-24(38)12-14-26(29)30-25-13-11-23(37)17-28(25)32-27(31(30)33)15-16-34(39-32,19-3-7-21(35)8-4-19)20-5-9-22(36)10-6-20/h3-5,7-9,11-18H,6,10H2,1-2H3. The molecule has 194 valence electrons. The number of hydrogen-bond donors (Lipinski definition) is 0. The second-order valence-electron chi connectivity index (χ2n) is 11.0. The number of hydrogen-bond acceptors (Lipinski definition) is 1. The minimum atomic E-state index is -1.15. The zero-order valence-electron chi connectivity index (χ0n) is 21.4. The molecule has 1 nitrogen and oxygen atoms in total. The van der Waals surface area contributed by atoms with Gasteiger partial charge in [-0.1, -0.05) is 50.3 Å². The van der Waals surface area contributed by atoms with E-state index in [2.05, 4.69) is 13.8 Å². The van der Waals surface area contributed by atoms with E-state index in [1.54, 1.807) is 36.4 Å². The second kappa shape index (κ2) is 8.19. The Labute approximate surface area is 223 Å². The molecule has 4 aromatic rings. The van der Waals surface area contributed by atoms with Gasteiger partial charge in [0.25, 0.3) is 0 Å². The molecule has 0 fully saturated rings. The van der Waals surface area contributed by atoms with Crippen molar-refractivity contribution in [1.82, 2.24) is 0 Å². The van der Waals surface area contributed by atoms with Crippen molar-refractivity contribution in [2.75, 3.05) is 0 Å². The van der Waals surface area contributed by atoms with Gasteiger partial charge in [-0.15, -0.1) is 0 Å². The molecular formula is C34H24F4O. The first-order valence-electron chi connectivity index (χ1n) is 13.0. The summed E-state index contributed by atoms with van der Waals surface area (Å²) in [5.74, 6) is -0.827. The van der Waals surface area contributed by atoms with E-state index in [0.717, 1.165) is 38.8 Å². The van der Waals surface area contributed by atoms with Crippen molar-refractivity contribution in [3.8, 4) is 16.9 Å². The van der Waals surface area contributed by atoms with Crippen LogP contribution in [-0.4, -0.2) is 0 Å². The molecule has 2 aliphatic carbocycles. The summed E-state index contributed by atoms with van der Waals surface area (Å²) < 4.78 is 64.2. The molecule has 0 aromatic heterocycles. The monoisotopic (exact) mass is 524 g/mol. The summed E-state index contributed by atoms with van der Waals surface area (Å²) in [5.41, 5.74) is 4.27. The van der Waals surface area contributed by atoms with Crippen LogP contribution in [0.5, 0.6) is 5.75 Å². The van der Waals surface area contributed by atoms with E-state index in [1.807, 2.05) is 12.2 Å². The van der Waals surface area contributed by atoms with Crippen LogP contribution in [0.3, 0.4) is 0 Å². The fraction of sp³-hybridized carbons (Fsp3) is 0.176. The van der Waals surface area contributed by atoms with Gasteiger partial charge in [0.15, 0.2) is 5.60 Å². The molecule has 1 heterocycles. The lowest BCUT2D eigenvalue weighted by Crippen LogP contribution is -2.36. The normalized spacial score (nSPS) is 20.6. The van der Waals surface area contributed by atoms with Crippen LogP contribution in [0.1, 0.15) is 48.9 Å². The molecule has 5 heteroatoms. The van der Waals surface area contributed by atoms with Gasteiger partial charge in [0, 0.05) is 28.3 Å². The number of halogens is 4. The minimum absolute atomic E-state index is 0.217. The smallest absolute Gasteiger partial charge is 0.174 e. The Bertz CT molecular complexity index is 1790. The van der Waals surface area contributed by atoms with Crippen molar-refractivity contribution in [3.63, 3.8) is 0 Å². The van der Waals surface area contributed by atoms with E-state index in [4.69, 9.17) is 4.74 Å². The van der Waals surface area contributed by atoms with E-state index >= 15 is 0 Å². The number of ether oxygens (including phenoxy) is 1. The molecule has 0 amide bonds. The molecule has 1 aliphatic heterocycles. The number of allylic oxidation sites excluding steroid dienone is 3. The van der Waals surface area contributed by atoms with Crippen LogP contribution in [0.15, 0.2) is 90.3 Å². The molecule has 7 rings (SSSR count). The lowest BCUT2D eigenvalue weighted by Gasteiger charge is -2.40. The maximum absolute atomic E-state index is 14.8. The van der Waals surface area contributed by atoms with E-state index < -0.39 is 16.8 Å².